The highest BCUT2D eigenvalue weighted by Gasteiger charge is 2.14. The Kier molecular flexibility index (Phi) is 5.79. The average molecular weight is 398 g/mol. The molecular formula is C20H22N4O3S. The molecule has 0 spiro atoms. The number of anilines is 3. The molecule has 0 aliphatic carbocycles. The molecule has 0 atom stereocenters. The average Bonchev–Trinajstić information content (AvgIpc) is 3.01. The van der Waals surface area contributed by atoms with Gasteiger partial charge in [0.2, 0.25) is 5.91 Å². The summed E-state index contributed by atoms with van der Waals surface area (Å²) < 4.78 is 6.20. The summed E-state index contributed by atoms with van der Waals surface area (Å²) in [6.07, 6.45) is 0.373. The molecule has 0 aliphatic rings. The molecule has 0 bridgehead atoms. The topological polar surface area (TPSA) is 92.3 Å². The molecule has 3 rings (SSSR count). The van der Waals surface area contributed by atoms with Crippen LogP contribution in [0, 0.1) is 13.8 Å². The van der Waals surface area contributed by atoms with E-state index in [-0.39, 0.29) is 11.9 Å². The zero-order chi connectivity index (χ0) is 20.3. The number of aromatic nitrogens is 1. The first-order valence-corrected chi connectivity index (χ1v) is 9.64. The molecule has 0 saturated heterocycles. The van der Waals surface area contributed by atoms with Gasteiger partial charge in [-0.25, -0.2) is 9.78 Å². The number of fused-ring (bicyclic) bond motifs is 1. The number of hydrogen-bond donors (Lipinski definition) is 3. The van der Waals surface area contributed by atoms with E-state index < -0.39 is 0 Å². The van der Waals surface area contributed by atoms with Crippen LogP contribution >= 0.6 is 11.3 Å². The lowest BCUT2D eigenvalue weighted by atomic mass is 10.1. The van der Waals surface area contributed by atoms with Crippen LogP contribution in [0.4, 0.5) is 21.3 Å². The van der Waals surface area contributed by atoms with Crippen molar-refractivity contribution in [3.63, 3.8) is 0 Å². The van der Waals surface area contributed by atoms with Crippen molar-refractivity contribution in [1.82, 2.24) is 4.98 Å². The van der Waals surface area contributed by atoms with E-state index in [4.69, 9.17) is 4.74 Å². The second kappa shape index (κ2) is 8.26. The minimum Gasteiger partial charge on any atom is -0.494 e. The number of amides is 3. The molecule has 3 N–H and O–H groups in total. The first-order valence-electron chi connectivity index (χ1n) is 8.82. The van der Waals surface area contributed by atoms with Crippen LogP contribution in [-0.2, 0) is 4.79 Å². The summed E-state index contributed by atoms with van der Waals surface area (Å²) in [5, 5.41) is 8.90. The zero-order valence-electron chi connectivity index (χ0n) is 16.2. The van der Waals surface area contributed by atoms with Gasteiger partial charge in [0.05, 0.1) is 11.8 Å². The Labute approximate surface area is 167 Å². The molecule has 1 aromatic heterocycles. The summed E-state index contributed by atoms with van der Waals surface area (Å²) in [7, 11) is 1.54. The number of carbonyl (C=O) groups is 2. The molecule has 0 radical (unpaired) electrons. The fourth-order valence-electron chi connectivity index (χ4n) is 2.83. The highest BCUT2D eigenvalue weighted by Crippen LogP contribution is 2.35. The van der Waals surface area contributed by atoms with E-state index in [1.807, 2.05) is 32.0 Å². The van der Waals surface area contributed by atoms with Crippen molar-refractivity contribution in [2.75, 3.05) is 23.1 Å². The molecule has 0 aliphatic heterocycles. The smallest absolute Gasteiger partial charge is 0.323 e. The fraction of sp³-hybridized carbons (Fsp3) is 0.250. The quantitative estimate of drug-likeness (QED) is 0.569. The Balaban J connectivity index is 1.82. The van der Waals surface area contributed by atoms with E-state index >= 15 is 0 Å². The van der Waals surface area contributed by atoms with Crippen molar-refractivity contribution >= 4 is 50.0 Å². The van der Waals surface area contributed by atoms with Crippen LogP contribution in [0.25, 0.3) is 10.2 Å². The molecule has 146 valence electrons. The molecule has 2 aromatic carbocycles. The minimum absolute atomic E-state index is 0.107. The van der Waals surface area contributed by atoms with Gasteiger partial charge >= 0.3 is 6.03 Å². The van der Waals surface area contributed by atoms with Gasteiger partial charge in [0.15, 0.2) is 5.13 Å². The number of nitrogens with zero attached hydrogens (tertiary/aromatic N) is 1. The predicted octanol–water partition coefficient (Wildman–Crippen LogP) is 4.91. The number of nitrogens with one attached hydrogen (secondary N) is 3. The van der Waals surface area contributed by atoms with Crippen molar-refractivity contribution in [1.29, 1.82) is 0 Å². The van der Waals surface area contributed by atoms with Gasteiger partial charge in [-0.2, -0.15) is 0 Å². The molecule has 3 aromatic rings. The van der Waals surface area contributed by atoms with E-state index in [2.05, 4.69) is 20.9 Å². The Morgan fingerprint density at radius 3 is 2.25 bits per heavy atom. The summed E-state index contributed by atoms with van der Waals surface area (Å²) in [6.45, 7) is 5.74. The van der Waals surface area contributed by atoms with Gasteiger partial charge in [-0.15, -0.1) is 0 Å². The van der Waals surface area contributed by atoms with Gasteiger partial charge in [-0.3, -0.25) is 4.79 Å². The lowest BCUT2D eigenvalue weighted by molar-refractivity contribution is -0.115. The van der Waals surface area contributed by atoms with Gasteiger partial charge in [-0.05, 0) is 43.2 Å². The van der Waals surface area contributed by atoms with Gasteiger partial charge < -0.3 is 20.7 Å². The lowest BCUT2D eigenvalue weighted by Crippen LogP contribution is -2.19. The maximum atomic E-state index is 12.4. The number of hydrogen-bond acceptors (Lipinski definition) is 5. The van der Waals surface area contributed by atoms with E-state index in [0.717, 1.165) is 21.5 Å². The number of benzene rings is 2. The molecule has 0 saturated carbocycles. The van der Waals surface area contributed by atoms with E-state index in [1.54, 1.807) is 19.1 Å². The van der Waals surface area contributed by atoms with Crippen molar-refractivity contribution in [3.05, 3.63) is 41.5 Å². The molecule has 1 heterocycles. The number of methoxy groups -OCH3 is 1. The fourth-order valence-corrected chi connectivity index (χ4v) is 3.77. The Hall–Kier alpha value is -3.13. The van der Waals surface area contributed by atoms with Crippen molar-refractivity contribution in [3.8, 4) is 5.75 Å². The second-order valence-electron chi connectivity index (χ2n) is 6.40. The normalized spacial score (nSPS) is 10.6. The van der Waals surface area contributed by atoms with Crippen LogP contribution in [0.15, 0.2) is 30.3 Å². The summed E-state index contributed by atoms with van der Waals surface area (Å²) in [5.74, 6) is 0.414. The second-order valence-corrected chi connectivity index (χ2v) is 7.43. The van der Waals surface area contributed by atoms with Crippen molar-refractivity contribution in [2.45, 2.75) is 27.2 Å². The Bertz CT molecular complexity index is 1030. The number of ether oxygens (including phenoxy) is 1. The third-order valence-corrected chi connectivity index (χ3v) is 4.90. The molecule has 8 heteroatoms. The van der Waals surface area contributed by atoms with Gasteiger partial charge in [-0.1, -0.05) is 24.3 Å². The maximum absolute atomic E-state index is 12.4. The van der Waals surface area contributed by atoms with Crippen LogP contribution in [0.5, 0.6) is 5.75 Å². The summed E-state index contributed by atoms with van der Waals surface area (Å²) in [4.78, 5) is 28.4. The first kappa shape index (κ1) is 19.6. The summed E-state index contributed by atoms with van der Waals surface area (Å²) in [5.41, 5.74) is 4.09. The van der Waals surface area contributed by atoms with Crippen LogP contribution in [0.2, 0.25) is 0 Å². The third kappa shape index (κ3) is 4.58. The minimum atomic E-state index is -0.351. The maximum Gasteiger partial charge on any atom is 0.323 e. The van der Waals surface area contributed by atoms with Crippen LogP contribution in [0.1, 0.15) is 24.5 Å². The number of aryl methyl sites for hydroxylation is 2. The lowest BCUT2D eigenvalue weighted by Gasteiger charge is -2.10. The molecule has 28 heavy (non-hydrogen) atoms. The number of rotatable bonds is 5. The highest BCUT2D eigenvalue weighted by atomic mass is 32.1. The van der Waals surface area contributed by atoms with Crippen LogP contribution in [0.3, 0.4) is 0 Å². The largest absolute Gasteiger partial charge is 0.494 e. The van der Waals surface area contributed by atoms with Gasteiger partial charge in [0, 0.05) is 23.9 Å². The summed E-state index contributed by atoms with van der Waals surface area (Å²) >= 11 is 1.32. The first-order chi connectivity index (χ1) is 13.4. The third-order valence-electron chi connectivity index (χ3n) is 3.98. The number of carbonyl (C=O) groups excluding carboxylic acids is 2. The highest BCUT2D eigenvalue weighted by molar-refractivity contribution is 7.22. The van der Waals surface area contributed by atoms with Crippen LogP contribution in [-0.4, -0.2) is 24.0 Å². The molecule has 0 fully saturated rings. The standard InChI is InChI=1S/C20H22N4O3S/c1-5-17(25)23-20-24-18-15(27-4)9-14(10-16(18)28-20)22-19(26)21-13-7-11(2)6-12(3)8-13/h6-10H,5H2,1-4H3,(H2,21,22,26)(H,23,24,25). The predicted molar refractivity (Wildman–Crippen MR) is 114 cm³/mol. The van der Waals surface area contributed by atoms with Gasteiger partial charge in [0.1, 0.15) is 11.3 Å². The van der Waals surface area contributed by atoms with Crippen molar-refractivity contribution < 1.29 is 14.3 Å². The monoisotopic (exact) mass is 398 g/mol. The number of urea groups is 1. The van der Waals surface area contributed by atoms with E-state index in [1.165, 1.54) is 18.4 Å². The Morgan fingerprint density at radius 2 is 1.64 bits per heavy atom. The number of thiazole rings is 1. The zero-order valence-corrected chi connectivity index (χ0v) is 17.0. The molecule has 0 unspecified atom stereocenters. The summed E-state index contributed by atoms with van der Waals surface area (Å²) in [6, 6.07) is 9.01. The molecular weight excluding hydrogens is 376 g/mol. The van der Waals surface area contributed by atoms with Crippen LogP contribution < -0.4 is 20.7 Å². The van der Waals surface area contributed by atoms with E-state index in [9.17, 15) is 9.59 Å². The van der Waals surface area contributed by atoms with Gasteiger partial charge in [0.25, 0.3) is 0 Å². The molecule has 3 amide bonds. The Morgan fingerprint density at radius 1 is 1.00 bits per heavy atom. The van der Waals surface area contributed by atoms with Crippen molar-refractivity contribution in [2.24, 2.45) is 0 Å². The SMILES string of the molecule is CCC(=O)Nc1nc2c(OC)cc(NC(=O)Nc3cc(C)cc(C)c3)cc2s1. The van der Waals surface area contributed by atoms with E-state index in [0.29, 0.717) is 28.5 Å². The molecule has 7 nitrogen and oxygen atoms in total.